The van der Waals surface area contributed by atoms with Gasteiger partial charge in [0.15, 0.2) is 0 Å². The average molecular weight is 504 g/mol. The van der Waals surface area contributed by atoms with Gasteiger partial charge in [0.2, 0.25) is 5.91 Å². The lowest BCUT2D eigenvalue weighted by atomic mass is 10.1. The molecule has 1 heterocycles. The van der Waals surface area contributed by atoms with Gasteiger partial charge in [0.1, 0.15) is 18.2 Å². The summed E-state index contributed by atoms with van der Waals surface area (Å²) >= 11 is 0. The van der Waals surface area contributed by atoms with Crippen molar-refractivity contribution in [3.05, 3.63) is 101 Å². The molecule has 1 aliphatic heterocycles. The molecule has 1 saturated heterocycles. The van der Waals surface area contributed by atoms with Crippen molar-refractivity contribution in [2.45, 2.75) is 51.9 Å². The summed E-state index contributed by atoms with van der Waals surface area (Å²) < 4.78 is 19.8. The fourth-order valence-electron chi connectivity index (χ4n) is 4.84. The second-order valence-corrected chi connectivity index (χ2v) is 10.2. The highest BCUT2D eigenvalue weighted by molar-refractivity contribution is 5.82. The number of nitrogens with zero attached hydrogens (tertiary/aromatic N) is 1. The van der Waals surface area contributed by atoms with Crippen molar-refractivity contribution in [1.29, 1.82) is 0 Å². The van der Waals surface area contributed by atoms with Crippen molar-refractivity contribution >= 4 is 5.91 Å². The van der Waals surface area contributed by atoms with E-state index in [-0.39, 0.29) is 23.8 Å². The number of ether oxygens (including phenoxy) is 1. The Bertz CT molecular complexity index is 1120. The molecule has 2 N–H and O–H groups in total. The molecule has 37 heavy (non-hydrogen) atoms. The van der Waals surface area contributed by atoms with E-state index in [9.17, 15) is 9.18 Å². The Labute approximate surface area is 220 Å². The van der Waals surface area contributed by atoms with Gasteiger partial charge in [-0.15, -0.1) is 0 Å². The van der Waals surface area contributed by atoms with E-state index in [1.165, 1.54) is 11.6 Å². The van der Waals surface area contributed by atoms with Crippen LogP contribution in [0.2, 0.25) is 0 Å². The number of rotatable bonds is 12. The van der Waals surface area contributed by atoms with Gasteiger partial charge >= 0.3 is 0 Å². The van der Waals surface area contributed by atoms with Gasteiger partial charge in [-0.05, 0) is 53.6 Å². The molecular formula is C31H38FN3O2. The van der Waals surface area contributed by atoms with Crippen LogP contribution in [-0.2, 0) is 24.4 Å². The number of hydrogen-bond acceptors (Lipinski definition) is 4. The standard InChI is InChI=1S/C31H38FN3O2/c1-23(2)20-35-21-27(18-30(35)31(36)33-17-16-26-10-6-7-11-29(26)32)34-19-24-12-14-28(15-13-24)37-22-25-8-4-3-5-9-25/h3-15,23,27,30,34H,16-22H2,1-2H3,(H,33,36)/t27-,30+/m1/s1. The van der Waals surface area contributed by atoms with Crippen molar-refractivity contribution in [2.75, 3.05) is 19.6 Å². The first-order valence-corrected chi connectivity index (χ1v) is 13.2. The molecule has 5 nitrogen and oxygen atoms in total. The zero-order chi connectivity index (χ0) is 26.0. The van der Waals surface area contributed by atoms with Crippen molar-refractivity contribution < 1.29 is 13.9 Å². The predicted octanol–water partition coefficient (Wildman–Crippen LogP) is 4.95. The van der Waals surface area contributed by atoms with Crippen LogP contribution >= 0.6 is 0 Å². The Balaban J connectivity index is 1.25. The van der Waals surface area contributed by atoms with Gasteiger partial charge in [-0.1, -0.05) is 74.5 Å². The third-order valence-corrected chi connectivity index (χ3v) is 6.72. The fourth-order valence-corrected chi connectivity index (χ4v) is 4.84. The maximum absolute atomic E-state index is 13.9. The van der Waals surface area contributed by atoms with Gasteiger partial charge in [0, 0.05) is 32.2 Å². The number of amides is 1. The maximum atomic E-state index is 13.9. The van der Waals surface area contributed by atoms with E-state index in [0.29, 0.717) is 31.1 Å². The summed E-state index contributed by atoms with van der Waals surface area (Å²) in [6.45, 7) is 7.78. The van der Waals surface area contributed by atoms with Crippen LogP contribution in [0.25, 0.3) is 0 Å². The third-order valence-electron chi connectivity index (χ3n) is 6.72. The Hall–Kier alpha value is -3.22. The summed E-state index contributed by atoms with van der Waals surface area (Å²) in [4.78, 5) is 15.3. The van der Waals surface area contributed by atoms with Crippen molar-refractivity contribution in [1.82, 2.24) is 15.5 Å². The second kappa shape index (κ2) is 13.4. The number of nitrogens with one attached hydrogen (secondary N) is 2. The first-order valence-electron chi connectivity index (χ1n) is 13.2. The average Bonchev–Trinajstić information content (AvgIpc) is 3.30. The lowest BCUT2D eigenvalue weighted by molar-refractivity contribution is -0.125. The lowest BCUT2D eigenvalue weighted by Crippen LogP contribution is -2.45. The number of benzene rings is 3. The molecule has 1 aliphatic rings. The molecule has 1 amide bonds. The van der Waals surface area contributed by atoms with Gasteiger partial charge in [-0.3, -0.25) is 9.69 Å². The monoisotopic (exact) mass is 503 g/mol. The largest absolute Gasteiger partial charge is 0.489 e. The first kappa shape index (κ1) is 26.8. The van der Waals surface area contributed by atoms with E-state index in [0.717, 1.165) is 37.4 Å². The molecule has 3 aromatic carbocycles. The van der Waals surface area contributed by atoms with Gasteiger partial charge in [-0.2, -0.15) is 0 Å². The summed E-state index contributed by atoms with van der Waals surface area (Å²) in [5.74, 6) is 1.12. The molecule has 0 radical (unpaired) electrons. The minimum Gasteiger partial charge on any atom is -0.489 e. The highest BCUT2D eigenvalue weighted by Gasteiger charge is 2.36. The molecular weight excluding hydrogens is 465 g/mol. The van der Waals surface area contributed by atoms with E-state index < -0.39 is 0 Å². The molecule has 0 saturated carbocycles. The summed E-state index contributed by atoms with van der Waals surface area (Å²) in [5, 5.41) is 6.68. The number of likely N-dealkylation sites (tertiary alicyclic amines) is 1. The molecule has 2 atom stereocenters. The molecule has 4 rings (SSSR count). The van der Waals surface area contributed by atoms with Crippen LogP contribution in [0.4, 0.5) is 4.39 Å². The number of halogens is 1. The minimum atomic E-state index is -0.223. The zero-order valence-corrected chi connectivity index (χ0v) is 21.8. The van der Waals surface area contributed by atoms with E-state index in [1.54, 1.807) is 12.1 Å². The number of carbonyl (C=O) groups excluding carboxylic acids is 1. The zero-order valence-electron chi connectivity index (χ0n) is 21.8. The molecule has 0 bridgehead atoms. The maximum Gasteiger partial charge on any atom is 0.237 e. The Morgan fingerprint density at radius 2 is 1.73 bits per heavy atom. The van der Waals surface area contributed by atoms with Crippen molar-refractivity contribution in [3.8, 4) is 5.75 Å². The third kappa shape index (κ3) is 8.14. The highest BCUT2D eigenvalue weighted by Crippen LogP contribution is 2.21. The quantitative estimate of drug-likeness (QED) is 0.367. The van der Waals surface area contributed by atoms with E-state index in [2.05, 4.69) is 53.6 Å². The van der Waals surface area contributed by atoms with Crippen LogP contribution in [0.15, 0.2) is 78.9 Å². The van der Waals surface area contributed by atoms with E-state index in [4.69, 9.17) is 4.74 Å². The minimum absolute atomic E-state index is 0.0289. The van der Waals surface area contributed by atoms with Gasteiger partial charge in [-0.25, -0.2) is 4.39 Å². The second-order valence-electron chi connectivity index (χ2n) is 10.2. The van der Waals surface area contributed by atoms with Crippen molar-refractivity contribution in [2.24, 2.45) is 5.92 Å². The topological polar surface area (TPSA) is 53.6 Å². The summed E-state index contributed by atoms with van der Waals surface area (Å²) in [6, 6.07) is 25.1. The fraction of sp³-hybridized carbons (Fsp3) is 0.387. The molecule has 6 heteroatoms. The number of carbonyl (C=O) groups is 1. The SMILES string of the molecule is CC(C)CN1C[C@H](NCc2ccc(OCc3ccccc3)cc2)C[C@H]1C(=O)NCCc1ccccc1F. The summed E-state index contributed by atoms with van der Waals surface area (Å²) in [5.41, 5.74) is 2.95. The molecule has 3 aromatic rings. The lowest BCUT2D eigenvalue weighted by Gasteiger charge is -2.25. The van der Waals surface area contributed by atoms with Crippen LogP contribution in [0.3, 0.4) is 0 Å². The Morgan fingerprint density at radius 1 is 1.00 bits per heavy atom. The van der Waals surface area contributed by atoms with Crippen LogP contribution in [0.5, 0.6) is 5.75 Å². The van der Waals surface area contributed by atoms with Crippen molar-refractivity contribution in [3.63, 3.8) is 0 Å². The molecule has 0 spiro atoms. The summed E-state index contributed by atoms with van der Waals surface area (Å²) in [6.07, 6.45) is 1.25. The molecule has 0 unspecified atom stereocenters. The molecule has 196 valence electrons. The van der Waals surface area contributed by atoms with E-state index >= 15 is 0 Å². The van der Waals surface area contributed by atoms with Crippen LogP contribution < -0.4 is 15.4 Å². The van der Waals surface area contributed by atoms with E-state index in [1.807, 2.05) is 36.4 Å². The van der Waals surface area contributed by atoms with Gasteiger partial charge in [0.05, 0.1) is 6.04 Å². The van der Waals surface area contributed by atoms with Crippen LogP contribution in [0.1, 0.15) is 37.0 Å². The normalized spacial score (nSPS) is 17.7. The highest BCUT2D eigenvalue weighted by atomic mass is 19.1. The molecule has 0 aliphatic carbocycles. The smallest absolute Gasteiger partial charge is 0.237 e. The first-order chi connectivity index (χ1) is 18.0. The van der Waals surface area contributed by atoms with Crippen LogP contribution in [-0.4, -0.2) is 42.5 Å². The molecule has 0 aromatic heterocycles. The predicted molar refractivity (Wildman–Crippen MR) is 146 cm³/mol. The Kier molecular flexibility index (Phi) is 9.69. The molecule has 1 fully saturated rings. The van der Waals surface area contributed by atoms with Gasteiger partial charge in [0.25, 0.3) is 0 Å². The van der Waals surface area contributed by atoms with Crippen LogP contribution in [0, 0.1) is 11.7 Å². The number of hydrogen-bond donors (Lipinski definition) is 2. The Morgan fingerprint density at radius 3 is 2.46 bits per heavy atom. The van der Waals surface area contributed by atoms with Gasteiger partial charge < -0.3 is 15.4 Å². The summed E-state index contributed by atoms with van der Waals surface area (Å²) in [7, 11) is 0.